The largest absolute Gasteiger partial charge is 0.478 e. The van der Waals surface area contributed by atoms with Gasteiger partial charge in [-0.05, 0) is 30.5 Å². The summed E-state index contributed by atoms with van der Waals surface area (Å²) in [5, 5.41) is 9.03. The predicted molar refractivity (Wildman–Crippen MR) is 77.4 cm³/mol. The molecule has 0 aliphatic rings. The van der Waals surface area contributed by atoms with Crippen molar-refractivity contribution in [2.75, 3.05) is 6.54 Å². The molecule has 0 radical (unpaired) electrons. The van der Waals surface area contributed by atoms with Crippen molar-refractivity contribution in [3.05, 3.63) is 29.3 Å². The molecule has 1 aromatic carbocycles. The summed E-state index contributed by atoms with van der Waals surface area (Å²) in [5.74, 6) is -0.840. The summed E-state index contributed by atoms with van der Waals surface area (Å²) < 4.78 is 27.1. The maximum atomic E-state index is 12.3. The fraction of sp³-hybridized carbons (Fsp3) is 0.500. The minimum atomic E-state index is -3.68. The zero-order valence-corrected chi connectivity index (χ0v) is 12.8. The highest BCUT2D eigenvalue weighted by Gasteiger charge is 2.21. The molecule has 5 nitrogen and oxygen atoms in total. The van der Waals surface area contributed by atoms with Crippen LogP contribution in [0.1, 0.15) is 42.6 Å². The molecule has 0 bridgehead atoms. The third-order valence-corrected chi connectivity index (χ3v) is 5.09. The van der Waals surface area contributed by atoms with Crippen molar-refractivity contribution >= 4 is 16.0 Å². The molecule has 1 aromatic rings. The number of nitrogens with one attached hydrogen (secondary N) is 1. The minimum Gasteiger partial charge on any atom is -0.478 e. The minimum absolute atomic E-state index is 0.00964. The number of sulfonamides is 1. The van der Waals surface area contributed by atoms with Crippen molar-refractivity contribution in [3.8, 4) is 0 Å². The number of aromatic carboxylic acids is 1. The first-order valence-electron chi connectivity index (χ1n) is 6.66. The Labute approximate surface area is 120 Å². The molecule has 20 heavy (non-hydrogen) atoms. The van der Waals surface area contributed by atoms with Crippen LogP contribution < -0.4 is 4.72 Å². The summed E-state index contributed by atoms with van der Waals surface area (Å²) >= 11 is 0. The van der Waals surface area contributed by atoms with E-state index in [2.05, 4.69) is 4.72 Å². The van der Waals surface area contributed by atoms with Crippen LogP contribution in [0.15, 0.2) is 23.1 Å². The Kier molecular flexibility index (Phi) is 5.71. The molecule has 0 atom stereocenters. The summed E-state index contributed by atoms with van der Waals surface area (Å²) in [5.41, 5.74) is 0.271. The lowest BCUT2D eigenvalue weighted by Gasteiger charge is -2.15. The van der Waals surface area contributed by atoms with Crippen LogP contribution in [0.25, 0.3) is 0 Å². The Balaban J connectivity index is 3.04. The maximum absolute atomic E-state index is 12.3. The Hall–Kier alpha value is -1.40. The number of benzene rings is 1. The van der Waals surface area contributed by atoms with Gasteiger partial charge in [0.1, 0.15) is 0 Å². The highest BCUT2D eigenvalue weighted by Crippen LogP contribution is 2.19. The van der Waals surface area contributed by atoms with Crippen LogP contribution in [0.2, 0.25) is 0 Å². The van der Waals surface area contributed by atoms with Crippen LogP contribution in [0, 0.1) is 12.8 Å². The summed E-state index contributed by atoms with van der Waals surface area (Å²) in [6.07, 6.45) is 1.79. The molecule has 0 amide bonds. The van der Waals surface area contributed by atoms with Crippen LogP contribution in [0.4, 0.5) is 0 Å². The molecule has 0 heterocycles. The summed E-state index contributed by atoms with van der Waals surface area (Å²) in [7, 11) is -3.68. The van der Waals surface area contributed by atoms with Gasteiger partial charge in [0.25, 0.3) is 0 Å². The molecule has 0 aromatic heterocycles. The second kappa shape index (κ2) is 6.85. The van der Waals surface area contributed by atoms with Gasteiger partial charge in [-0.1, -0.05) is 32.8 Å². The molecule has 6 heteroatoms. The topological polar surface area (TPSA) is 83.5 Å². The van der Waals surface area contributed by atoms with E-state index in [-0.39, 0.29) is 21.9 Å². The Morgan fingerprint density at radius 3 is 2.40 bits per heavy atom. The predicted octanol–water partition coefficient (Wildman–Crippen LogP) is 2.41. The molecule has 2 N–H and O–H groups in total. The average Bonchev–Trinajstić information content (AvgIpc) is 2.39. The lowest BCUT2D eigenvalue weighted by molar-refractivity contribution is 0.0696. The molecule has 0 aliphatic carbocycles. The molecule has 1 rings (SSSR count). The van der Waals surface area contributed by atoms with Gasteiger partial charge in [0.15, 0.2) is 0 Å². The number of rotatable bonds is 7. The number of carbonyl (C=O) groups is 1. The molecule has 112 valence electrons. The standard InChI is InChI=1S/C14H21NO4S/c1-4-11(5-2)9-15-20(18,19)13-8-6-7-12(10(13)3)14(16)17/h6-8,11,15H,4-5,9H2,1-3H3,(H,16,17). The lowest BCUT2D eigenvalue weighted by Crippen LogP contribution is -2.29. The van der Waals surface area contributed by atoms with E-state index in [0.29, 0.717) is 6.54 Å². The highest BCUT2D eigenvalue weighted by molar-refractivity contribution is 7.89. The van der Waals surface area contributed by atoms with Gasteiger partial charge >= 0.3 is 5.97 Å². The Morgan fingerprint density at radius 2 is 1.90 bits per heavy atom. The van der Waals surface area contributed by atoms with E-state index in [4.69, 9.17) is 5.11 Å². The summed E-state index contributed by atoms with van der Waals surface area (Å²) in [6, 6.07) is 4.27. The molecule has 0 unspecified atom stereocenters. The third kappa shape index (κ3) is 3.80. The van der Waals surface area contributed by atoms with Gasteiger partial charge in [0.05, 0.1) is 10.5 Å². The molecule has 0 fully saturated rings. The number of carboxylic acid groups (broad SMARTS) is 1. The molecule has 0 spiro atoms. The van der Waals surface area contributed by atoms with Crippen molar-refractivity contribution in [2.24, 2.45) is 5.92 Å². The van der Waals surface area contributed by atoms with Crippen molar-refractivity contribution in [1.29, 1.82) is 0 Å². The molecule has 0 aliphatic heterocycles. The van der Waals surface area contributed by atoms with Gasteiger partial charge in [0, 0.05) is 6.54 Å². The van der Waals surface area contributed by atoms with Gasteiger partial charge in [0.2, 0.25) is 10.0 Å². The average molecular weight is 299 g/mol. The van der Waals surface area contributed by atoms with E-state index < -0.39 is 16.0 Å². The van der Waals surface area contributed by atoms with E-state index >= 15 is 0 Å². The van der Waals surface area contributed by atoms with Gasteiger partial charge in [-0.3, -0.25) is 0 Å². The highest BCUT2D eigenvalue weighted by atomic mass is 32.2. The molecule has 0 saturated heterocycles. The van der Waals surface area contributed by atoms with Crippen molar-refractivity contribution in [1.82, 2.24) is 4.72 Å². The molecular formula is C14H21NO4S. The van der Waals surface area contributed by atoms with Gasteiger partial charge in [-0.25, -0.2) is 17.9 Å². The number of hydrogen-bond donors (Lipinski definition) is 2. The zero-order chi connectivity index (χ0) is 15.3. The van der Waals surface area contributed by atoms with Crippen LogP contribution in [-0.4, -0.2) is 26.0 Å². The van der Waals surface area contributed by atoms with Crippen LogP contribution in [-0.2, 0) is 10.0 Å². The van der Waals surface area contributed by atoms with Crippen LogP contribution in [0.3, 0.4) is 0 Å². The second-order valence-corrected chi connectivity index (χ2v) is 6.50. The monoisotopic (exact) mass is 299 g/mol. The summed E-state index contributed by atoms with van der Waals surface area (Å²) in [4.78, 5) is 11.1. The quantitative estimate of drug-likeness (QED) is 0.810. The maximum Gasteiger partial charge on any atom is 0.335 e. The normalized spacial score (nSPS) is 11.8. The zero-order valence-electron chi connectivity index (χ0n) is 12.0. The van der Waals surface area contributed by atoms with Gasteiger partial charge < -0.3 is 5.11 Å². The van der Waals surface area contributed by atoms with Gasteiger partial charge in [-0.2, -0.15) is 0 Å². The van der Waals surface area contributed by atoms with Crippen molar-refractivity contribution in [2.45, 2.75) is 38.5 Å². The molecule has 0 saturated carbocycles. The first-order chi connectivity index (χ1) is 9.33. The fourth-order valence-electron chi connectivity index (χ4n) is 2.02. The summed E-state index contributed by atoms with van der Waals surface area (Å²) in [6.45, 7) is 5.90. The number of carboxylic acids is 1. The van der Waals surface area contributed by atoms with E-state index in [1.165, 1.54) is 25.1 Å². The van der Waals surface area contributed by atoms with Crippen molar-refractivity contribution in [3.63, 3.8) is 0 Å². The van der Waals surface area contributed by atoms with E-state index in [1.807, 2.05) is 13.8 Å². The fourth-order valence-corrected chi connectivity index (χ4v) is 3.40. The van der Waals surface area contributed by atoms with Crippen LogP contribution in [0.5, 0.6) is 0 Å². The first-order valence-corrected chi connectivity index (χ1v) is 8.14. The lowest BCUT2D eigenvalue weighted by atomic mass is 10.0. The second-order valence-electron chi connectivity index (χ2n) is 4.77. The van der Waals surface area contributed by atoms with E-state index in [1.54, 1.807) is 0 Å². The Bertz CT molecular complexity index is 577. The van der Waals surface area contributed by atoms with Crippen molar-refractivity contribution < 1.29 is 18.3 Å². The first kappa shape index (κ1) is 16.7. The number of hydrogen-bond acceptors (Lipinski definition) is 3. The smallest absolute Gasteiger partial charge is 0.335 e. The van der Waals surface area contributed by atoms with E-state index in [0.717, 1.165) is 12.8 Å². The van der Waals surface area contributed by atoms with Gasteiger partial charge in [-0.15, -0.1) is 0 Å². The SMILES string of the molecule is CCC(CC)CNS(=O)(=O)c1cccc(C(=O)O)c1C. The Morgan fingerprint density at radius 1 is 1.30 bits per heavy atom. The molecular weight excluding hydrogens is 278 g/mol. The van der Waals surface area contributed by atoms with E-state index in [9.17, 15) is 13.2 Å². The third-order valence-electron chi connectivity index (χ3n) is 3.52. The van der Waals surface area contributed by atoms with Crippen LogP contribution >= 0.6 is 0 Å².